The Morgan fingerprint density at radius 3 is 2.17 bits per heavy atom. The van der Waals surface area contributed by atoms with Gasteiger partial charge in [0.05, 0.1) is 58.2 Å². The number of rotatable bonds is 24. The monoisotopic (exact) mass is 1240 g/mol. The molecule has 2 saturated carbocycles. The molecule has 7 N–H and O–H groups in total. The second-order valence-corrected chi connectivity index (χ2v) is 26.3. The summed E-state index contributed by atoms with van der Waals surface area (Å²) in [4.78, 5) is 79.6. The number of aliphatic hydroxyl groups excluding tert-OH is 2. The summed E-state index contributed by atoms with van der Waals surface area (Å²) in [6.45, 7) is 8.38. The van der Waals surface area contributed by atoms with Gasteiger partial charge in [-0.2, -0.15) is 0 Å². The topological polar surface area (TPSA) is 237 Å². The van der Waals surface area contributed by atoms with Crippen LogP contribution in [-0.2, 0) is 30.5 Å². The van der Waals surface area contributed by atoms with E-state index >= 15 is 0 Å². The molecule has 3 fully saturated rings. The zero-order valence-corrected chi connectivity index (χ0v) is 52.7. The van der Waals surface area contributed by atoms with E-state index in [2.05, 4.69) is 79.1 Å². The van der Waals surface area contributed by atoms with Crippen molar-refractivity contribution in [2.24, 2.45) is 5.41 Å². The minimum Gasteiger partial charge on any atom is -0.393 e. The predicted molar refractivity (Wildman–Crippen MR) is 347 cm³/mol. The number of benzene rings is 4. The maximum absolute atomic E-state index is 14.8. The first-order valence-corrected chi connectivity index (χ1v) is 32.6. The number of aromatic nitrogens is 4. The number of unbranched alkanes of at least 4 members (excludes halogenated alkanes) is 4. The first kappa shape index (κ1) is 64.7. The smallest absolute Gasteiger partial charge is 0.258 e. The van der Waals surface area contributed by atoms with Gasteiger partial charge in [0.15, 0.2) is 5.67 Å². The average molecular weight is 1240 g/mol. The van der Waals surface area contributed by atoms with Crippen molar-refractivity contribution >= 4 is 51.9 Å². The number of nitrogens with zero attached hydrogens (tertiary/aromatic N) is 5. The van der Waals surface area contributed by atoms with Crippen molar-refractivity contribution in [1.82, 2.24) is 45.3 Å². The molecular weight excluding hydrogens is 1160 g/mol. The molecule has 2 aliphatic carbocycles. The third-order valence-electron chi connectivity index (χ3n) is 17.5. The second-order valence-electron chi connectivity index (χ2n) is 25.5. The van der Waals surface area contributed by atoms with Crippen molar-refractivity contribution in [2.45, 2.75) is 173 Å². The number of likely N-dealkylation sites (tertiary alicyclic amines) is 1. The number of hydrogen-bond donors (Lipinski definition) is 7. The molecule has 0 bridgehead atoms. The van der Waals surface area contributed by atoms with Crippen LogP contribution in [0, 0.1) is 29.6 Å². The molecule has 4 aromatic carbocycles. The summed E-state index contributed by atoms with van der Waals surface area (Å²) in [6.07, 6.45) is 8.10. The van der Waals surface area contributed by atoms with E-state index in [-0.39, 0.29) is 56.2 Å². The summed E-state index contributed by atoms with van der Waals surface area (Å²) >= 11 is 1.48. The van der Waals surface area contributed by atoms with Crippen LogP contribution in [0.3, 0.4) is 0 Å². The lowest BCUT2D eigenvalue weighted by Crippen LogP contribution is -2.59. The van der Waals surface area contributed by atoms with Crippen molar-refractivity contribution < 1.29 is 38.6 Å². The quantitative estimate of drug-likeness (QED) is 0.0225. The van der Waals surface area contributed by atoms with Gasteiger partial charge < -0.3 is 45.5 Å². The van der Waals surface area contributed by atoms with E-state index in [4.69, 9.17) is 4.98 Å². The third-order valence-corrected chi connectivity index (χ3v) is 18.5. The number of hydrogen-bond acceptors (Lipinski definition) is 11. The van der Waals surface area contributed by atoms with E-state index < -0.39 is 53.0 Å². The number of β-amino-alcohol motifs (C(OH)–C–C–N with tert-alkyl or cyclic N) is 1. The number of amides is 5. The van der Waals surface area contributed by atoms with E-state index in [1.807, 2.05) is 90.6 Å². The van der Waals surface area contributed by atoms with Crippen molar-refractivity contribution in [2.75, 3.05) is 19.6 Å². The number of halogens is 1. The van der Waals surface area contributed by atoms with Crippen LogP contribution >= 0.6 is 11.3 Å². The summed E-state index contributed by atoms with van der Waals surface area (Å²) in [7, 11) is 0. The number of carbonyl (C=O) groups excluding carboxylic acids is 5. The van der Waals surface area contributed by atoms with Crippen LogP contribution < -0.4 is 26.8 Å². The molecule has 0 spiro atoms. The highest BCUT2D eigenvalue weighted by atomic mass is 32.1. The molecule has 1 unspecified atom stereocenters. The fourth-order valence-corrected chi connectivity index (χ4v) is 13.2. The fourth-order valence-electron chi connectivity index (χ4n) is 12.4. The van der Waals surface area contributed by atoms with Crippen molar-refractivity contribution in [3.8, 4) is 44.7 Å². The first-order chi connectivity index (χ1) is 43.3. The Hall–Kier alpha value is -8.31. The summed E-state index contributed by atoms with van der Waals surface area (Å²) in [5, 5.41) is 43.3. The zero-order valence-electron chi connectivity index (χ0n) is 51.9. The van der Waals surface area contributed by atoms with Gasteiger partial charge in [0.1, 0.15) is 23.2 Å². The molecular formula is C71H83FN10O7S. The van der Waals surface area contributed by atoms with E-state index in [1.54, 1.807) is 26.3 Å². The van der Waals surface area contributed by atoms with Gasteiger partial charge in [-0.25, -0.2) is 14.4 Å². The summed E-state index contributed by atoms with van der Waals surface area (Å²) < 4.78 is 19.0. The van der Waals surface area contributed by atoms with E-state index in [0.29, 0.717) is 69.2 Å². The van der Waals surface area contributed by atoms with Crippen LogP contribution in [-0.4, -0.2) is 113 Å². The van der Waals surface area contributed by atoms with Crippen molar-refractivity contribution in [3.05, 3.63) is 149 Å². The Morgan fingerprint density at radius 1 is 0.789 bits per heavy atom. The van der Waals surface area contributed by atoms with Gasteiger partial charge in [-0.15, -0.1) is 11.3 Å². The first-order valence-electron chi connectivity index (χ1n) is 31.7. The molecule has 3 aromatic heterocycles. The van der Waals surface area contributed by atoms with Gasteiger partial charge >= 0.3 is 0 Å². The molecule has 0 radical (unpaired) electrons. The minimum atomic E-state index is -2.02. The highest BCUT2D eigenvalue weighted by Crippen LogP contribution is 2.42. The Labute approximate surface area is 529 Å². The summed E-state index contributed by atoms with van der Waals surface area (Å²) in [5.41, 5.74) is 8.36. The Morgan fingerprint density at radius 2 is 1.48 bits per heavy atom. The highest BCUT2D eigenvalue weighted by Gasteiger charge is 2.53. The second kappa shape index (κ2) is 29.1. The number of fused-ring (bicyclic) bond motifs is 1. The molecule has 3 aliphatic rings. The Balaban J connectivity index is 0.690. The van der Waals surface area contributed by atoms with Gasteiger partial charge in [0.2, 0.25) is 23.6 Å². The van der Waals surface area contributed by atoms with Gasteiger partial charge in [-0.05, 0) is 129 Å². The van der Waals surface area contributed by atoms with E-state index in [1.165, 1.54) is 16.2 Å². The van der Waals surface area contributed by atoms with Crippen LogP contribution in [0.2, 0.25) is 0 Å². The van der Waals surface area contributed by atoms with Crippen molar-refractivity contribution in [3.63, 3.8) is 0 Å². The number of carbonyl (C=O) groups is 5. The van der Waals surface area contributed by atoms with E-state index in [0.717, 1.165) is 92.8 Å². The van der Waals surface area contributed by atoms with Gasteiger partial charge in [-0.1, -0.05) is 124 Å². The van der Waals surface area contributed by atoms with Crippen LogP contribution in [0.25, 0.3) is 43.9 Å². The lowest BCUT2D eigenvalue weighted by molar-refractivity contribution is -0.145. The molecule has 90 heavy (non-hydrogen) atoms. The molecule has 7 aromatic rings. The Kier molecular flexibility index (Phi) is 20.9. The summed E-state index contributed by atoms with van der Waals surface area (Å²) in [6, 6.07) is 33.3. The number of aryl methyl sites for hydroxylation is 1. The molecule has 10 rings (SSSR count). The lowest BCUT2D eigenvalue weighted by atomic mass is 9.85. The molecule has 472 valence electrons. The van der Waals surface area contributed by atoms with Crippen LogP contribution in [0.4, 0.5) is 4.39 Å². The molecule has 17 nitrogen and oxygen atoms in total. The third kappa shape index (κ3) is 15.8. The molecule has 19 heteroatoms. The molecule has 1 saturated heterocycles. The van der Waals surface area contributed by atoms with Crippen LogP contribution in [0.5, 0.6) is 0 Å². The number of aliphatic hydroxyl groups is 2. The minimum absolute atomic E-state index is 0.0196. The predicted octanol–water partition coefficient (Wildman–Crippen LogP) is 10.2. The van der Waals surface area contributed by atoms with Gasteiger partial charge in [-0.3, -0.25) is 29.4 Å². The fraction of sp³-hybridized carbons (Fsp3) is 0.437. The normalized spacial score (nSPS) is 18.5. The standard InChI is InChI=1S/C71H83FN10O7S/c1-46-63(90-45-77-46)52-28-19-27-51(39-52)56(78-67(87)57-40-55(84)43-80(57)68(88)64(70(2,3)4)79-69(89)71(72)34-35-71)41-59(86)75-37-17-9-16-36-74-58(85)29-15-6-5-10-20-47-21-18-22-48(38-47)42-81-62(50-25-13-8-14-26-50)60(49-23-11-7-12-24-49)61-65(73)82(44-76-66(61)81)53-30-32-54(83)33-31-53/h7-8,11-14,18-19,21-28,38-39,44-45,53-57,64,73,83-84H,5-6,9,15-17,29-37,40-43H2,1-4H3,(H,74,85)(H,75,86)(H,78,87)(H,79,89)/t53?,54?,55-,56+,57+,64?/m1/s1. The average Bonchev–Trinajstić information content (AvgIpc) is 1.58. The van der Waals surface area contributed by atoms with E-state index in [9.17, 15) is 44.0 Å². The molecule has 1 aliphatic heterocycles. The molecule has 4 atom stereocenters. The van der Waals surface area contributed by atoms with Crippen LogP contribution in [0.1, 0.15) is 152 Å². The number of nitrogens with one attached hydrogen (secondary N) is 5. The maximum atomic E-state index is 14.8. The molecule has 5 amide bonds. The number of alkyl halides is 1. The summed E-state index contributed by atoms with van der Waals surface area (Å²) in [5.74, 6) is 4.32. The van der Waals surface area contributed by atoms with Gasteiger partial charge in [0.25, 0.3) is 5.91 Å². The van der Waals surface area contributed by atoms with Crippen LogP contribution in [0.15, 0.2) is 121 Å². The highest BCUT2D eigenvalue weighted by molar-refractivity contribution is 7.13. The Bertz CT molecular complexity index is 3820. The zero-order chi connectivity index (χ0) is 63.5. The number of thiazole rings is 1. The lowest BCUT2D eigenvalue weighted by Gasteiger charge is -2.36. The van der Waals surface area contributed by atoms with Crippen molar-refractivity contribution in [1.29, 1.82) is 5.41 Å². The maximum Gasteiger partial charge on any atom is 0.258 e. The SMILES string of the molecule is Cc1ncsc1-c1cccc([C@H](CC(=O)NCCCCCNC(=O)CCCCC#Cc2cccc(Cn3c(-c4ccccc4)c(-c4ccccc4)c4c(=N)n(C5CCC(O)CC5)cnc43)c2)NC(=O)[C@@H]2C[C@@H](O)CN2C(=O)C(NC(=O)C2(F)CC2)C(C)(C)C)c1. The molecule has 4 heterocycles. The largest absolute Gasteiger partial charge is 0.393 e. The van der Waals surface area contributed by atoms with Gasteiger partial charge in [0, 0.05) is 62.6 Å².